The van der Waals surface area contributed by atoms with Crippen molar-refractivity contribution >= 4 is 27.6 Å². The van der Waals surface area contributed by atoms with Gasteiger partial charge in [-0.25, -0.2) is 4.98 Å². The Morgan fingerprint density at radius 2 is 1.86 bits per heavy atom. The van der Waals surface area contributed by atoms with Crippen LogP contribution < -0.4 is 5.32 Å². The topological polar surface area (TPSA) is 86.8 Å². The van der Waals surface area contributed by atoms with E-state index in [1.54, 1.807) is 0 Å². The van der Waals surface area contributed by atoms with Crippen LogP contribution in [0.2, 0.25) is 0 Å². The smallest absolute Gasteiger partial charge is 0.145 e. The van der Waals surface area contributed by atoms with Crippen molar-refractivity contribution in [1.29, 1.82) is 5.26 Å². The number of fused-ring (bicyclic) bond motifs is 2. The lowest BCUT2D eigenvalue weighted by molar-refractivity contribution is 0.126. The van der Waals surface area contributed by atoms with E-state index in [9.17, 15) is 10.4 Å². The molecule has 0 saturated heterocycles. The molecule has 6 rings (SSSR count). The number of para-hydroxylation sites is 1. The van der Waals surface area contributed by atoms with Gasteiger partial charge in [0.2, 0.25) is 0 Å². The van der Waals surface area contributed by atoms with Crippen LogP contribution in [0.4, 0.5) is 5.69 Å². The molecule has 6 nitrogen and oxygen atoms in total. The van der Waals surface area contributed by atoms with Crippen molar-refractivity contribution in [3.63, 3.8) is 0 Å². The highest BCUT2D eigenvalue weighted by Crippen LogP contribution is 2.34. The highest BCUT2D eigenvalue weighted by Gasteiger charge is 2.21. The molecule has 3 heterocycles. The molecule has 2 aromatic carbocycles. The van der Waals surface area contributed by atoms with Crippen molar-refractivity contribution in [3.8, 4) is 22.9 Å². The quantitative estimate of drug-likeness (QED) is 0.328. The van der Waals surface area contributed by atoms with Gasteiger partial charge >= 0.3 is 0 Å². The third-order valence-corrected chi connectivity index (χ3v) is 7.24. The van der Waals surface area contributed by atoms with Crippen molar-refractivity contribution in [2.24, 2.45) is 0 Å². The first-order valence-electron chi connectivity index (χ1n) is 12.4. The minimum Gasteiger partial charge on any atom is -0.393 e. The van der Waals surface area contributed by atoms with Crippen LogP contribution in [-0.4, -0.2) is 31.8 Å². The molecule has 5 aromatic rings. The van der Waals surface area contributed by atoms with E-state index in [-0.39, 0.29) is 12.1 Å². The van der Waals surface area contributed by atoms with Crippen molar-refractivity contribution in [1.82, 2.24) is 14.5 Å². The lowest BCUT2D eigenvalue weighted by atomic mass is 9.93. The number of aliphatic hydroxyl groups is 1. The normalized spacial score (nSPS) is 17.8. The Hall–Kier alpha value is -4.21. The van der Waals surface area contributed by atoms with Crippen LogP contribution in [-0.2, 0) is 0 Å². The van der Waals surface area contributed by atoms with Gasteiger partial charge in [-0.2, -0.15) is 5.26 Å². The minimum atomic E-state index is -0.211. The van der Waals surface area contributed by atoms with E-state index in [1.165, 1.54) is 0 Å². The lowest BCUT2D eigenvalue weighted by Crippen LogP contribution is -2.28. The van der Waals surface area contributed by atoms with Crippen molar-refractivity contribution in [3.05, 3.63) is 84.3 Å². The minimum absolute atomic E-state index is 0.211. The first-order valence-corrected chi connectivity index (χ1v) is 12.4. The average molecular weight is 474 g/mol. The molecule has 1 aliphatic rings. The van der Waals surface area contributed by atoms with Crippen molar-refractivity contribution in [2.45, 2.75) is 44.8 Å². The summed E-state index contributed by atoms with van der Waals surface area (Å²) in [5.41, 5.74) is 7.53. The van der Waals surface area contributed by atoms with Gasteiger partial charge in [-0.1, -0.05) is 18.2 Å². The van der Waals surface area contributed by atoms with Gasteiger partial charge in [-0.05, 0) is 80.1 Å². The number of pyridine rings is 2. The zero-order valence-electron chi connectivity index (χ0n) is 20.1. The summed E-state index contributed by atoms with van der Waals surface area (Å²) in [7, 11) is 0. The first kappa shape index (κ1) is 22.3. The molecule has 2 N–H and O–H groups in total. The number of nitrogens with one attached hydrogen (secondary N) is 1. The second-order valence-electron chi connectivity index (χ2n) is 9.65. The predicted octanol–water partition coefficient (Wildman–Crippen LogP) is 6.14. The predicted molar refractivity (Wildman–Crippen MR) is 143 cm³/mol. The number of aryl methyl sites for hydroxylation is 1. The summed E-state index contributed by atoms with van der Waals surface area (Å²) in [4.78, 5) is 9.42. The highest BCUT2D eigenvalue weighted by molar-refractivity contribution is 5.98. The Labute approximate surface area is 209 Å². The fourth-order valence-electron chi connectivity index (χ4n) is 5.34. The Morgan fingerprint density at radius 3 is 2.69 bits per heavy atom. The number of hydrogen-bond acceptors (Lipinski definition) is 5. The Kier molecular flexibility index (Phi) is 5.63. The van der Waals surface area contributed by atoms with Gasteiger partial charge in [-0.15, -0.1) is 0 Å². The maximum Gasteiger partial charge on any atom is 0.145 e. The van der Waals surface area contributed by atoms with E-state index >= 15 is 0 Å². The van der Waals surface area contributed by atoms with Crippen LogP contribution in [0.3, 0.4) is 0 Å². The molecule has 1 fully saturated rings. The summed E-state index contributed by atoms with van der Waals surface area (Å²) in [5, 5.41) is 25.3. The summed E-state index contributed by atoms with van der Waals surface area (Å²) in [6, 6.07) is 20.8. The Bertz CT molecular complexity index is 1620. The lowest BCUT2D eigenvalue weighted by Gasteiger charge is -2.27. The molecule has 1 aliphatic carbocycles. The van der Waals surface area contributed by atoms with E-state index in [2.05, 4.69) is 52.3 Å². The van der Waals surface area contributed by atoms with Crippen molar-refractivity contribution < 1.29 is 5.11 Å². The van der Waals surface area contributed by atoms with E-state index in [0.29, 0.717) is 5.56 Å². The number of anilines is 1. The number of hydrogen-bond donors (Lipinski definition) is 2. The van der Waals surface area contributed by atoms with E-state index in [0.717, 1.165) is 75.7 Å². The highest BCUT2D eigenvalue weighted by atomic mass is 16.3. The zero-order chi connectivity index (χ0) is 24.6. The number of aromatic nitrogens is 3. The fourth-order valence-corrected chi connectivity index (χ4v) is 5.34. The van der Waals surface area contributed by atoms with Gasteiger partial charge < -0.3 is 15.0 Å². The molecule has 0 spiro atoms. The van der Waals surface area contributed by atoms with E-state index in [4.69, 9.17) is 4.98 Å². The molecule has 0 amide bonds. The van der Waals surface area contributed by atoms with Crippen LogP contribution in [0.5, 0.6) is 0 Å². The molecule has 0 radical (unpaired) electrons. The standard InChI is InChI=1S/C30H27N5O/c1-19-18-35(24-9-6-21(16-31)28(15-24)34-23-7-10-25(36)11-8-23)30-29(19)26(12-13-32-30)22-14-20-4-2-3-5-27(20)33-17-22/h2-6,9,12-15,17-18,23,25,34,36H,7-8,10-11H2,1H3. The molecule has 178 valence electrons. The average Bonchev–Trinajstić information content (AvgIpc) is 3.26. The van der Waals surface area contributed by atoms with Gasteiger partial charge in [0.25, 0.3) is 0 Å². The third kappa shape index (κ3) is 3.98. The van der Waals surface area contributed by atoms with Crippen LogP contribution in [0.25, 0.3) is 38.8 Å². The summed E-state index contributed by atoms with van der Waals surface area (Å²) in [5.74, 6) is 0. The molecular weight excluding hydrogens is 446 g/mol. The molecule has 0 bridgehead atoms. The number of aliphatic hydroxyl groups excluding tert-OH is 1. The summed E-state index contributed by atoms with van der Waals surface area (Å²) in [6.07, 6.45) is 9.04. The fraction of sp³-hybridized carbons (Fsp3) is 0.233. The molecular formula is C30H27N5O. The van der Waals surface area contributed by atoms with Crippen molar-refractivity contribution in [2.75, 3.05) is 5.32 Å². The van der Waals surface area contributed by atoms with E-state index < -0.39 is 0 Å². The van der Waals surface area contributed by atoms with Gasteiger partial charge in [-0.3, -0.25) is 4.98 Å². The third-order valence-electron chi connectivity index (χ3n) is 7.24. The van der Waals surface area contributed by atoms with Gasteiger partial charge in [0.15, 0.2) is 0 Å². The SMILES string of the molecule is Cc1cn(-c2ccc(C#N)c(NC3CCC(O)CC3)c2)c2nccc(-c3cnc4ccccc4c3)c12. The number of nitriles is 1. The molecule has 0 atom stereocenters. The molecule has 36 heavy (non-hydrogen) atoms. The monoisotopic (exact) mass is 473 g/mol. The van der Waals surface area contributed by atoms with E-state index in [1.807, 2.05) is 48.8 Å². The second kappa shape index (κ2) is 9.10. The van der Waals surface area contributed by atoms with Gasteiger partial charge in [0.05, 0.1) is 22.9 Å². The summed E-state index contributed by atoms with van der Waals surface area (Å²) >= 11 is 0. The number of benzene rings is 2. The van der Waals surface area contributed by atoms with Crippen LogP contribution in [0, 0.1) is 18.3 Å². The Morgan fingerprint density at radius 1 is 1.03 bits per heavy atom. The Balaban J connectivity index is 1.42. The maximum atomic E-state index is 9.85. The maximum absolute atomic E-state index is 9.85. The van der Waals surface area contributed by atoms with Crippen LogP contribution in [0.15, 0.2) is 73.2 Å². The summed E-state index contributed by atoms with van der Waals surface area (Å²) < 4.78 is 2.10. The van der Waals surface area contributed by atoms with Gasteiger partial charge in [0.1, 0.15) is 11.7 Å². The number of nitrogens with zero attached hydrogens (tertiary/aromatic N) is 4. The molecule has 0 unspecified atom stereocenters. The van der Waals surface area contributed by atoms with Crippen LogP contribution in [0.1, 0.15) is 36.8 Å². The molecule has 1 saturated carbocycles. The molecule has 6 heteroatoms. The zero-order valence-corrected chi connectivity index (χ0v) is 20.1. The molecule has 0 aliphatic heterocycles. The summed E-state index contributed by atoms with van der Waals surface area (Å²) in [6.45, 7) is 2.11. The largest absolute Gasteiger partial charge is 0.393 e. The second-order valence-corrected chi connectivity index (χ2v) is 9.65. The van der Waals surface area contributed by atoms with Gasteiger partial charge in [0, 0.05) is 46.7 Å². The molecule has 3 aromatic heterocycles. The van der Waals surface area contributed by atoms with Crippen LogP contribution >= 0.6 is 0 Å². The number of rotatable bonds is 4. The first-order chi connectivity index (χ1) is 17.6.